The van der Waals surface area contributed by atoms with Crippen LogP contribution in [0, 0.1) is 5.92 Å². The lowest BCUT2D eigenvalue weighted by atomic mass is 9.98. The molecule has 0 aromatic heterocycles. The number of alkyl halides is 3. The Morgan fingerprint density at radius 1 is 0.962 bits per heavy atom. The van der Waals surface area contributed by atoms with Crippen LogP contribution in [-0.4, -0.2) is 11.9 Å². The quantitative estimate of drug-likeness (QED) is 0.603. The molecule has 7 heteroatoms. The molecular formula is C19H18F3NO3. The minimum Gasteiger partial charge on any atom is -0.460 e. The lowest BCUT2D eigenvalue weighted by Gasteiger charge is -2.13. The first-order chi connectivity index (χ1) is 12.3. The average molecular weight is 365 g/mol. The Hall–Kier alpha value is -2.83. The molecule has 1 atom stereocenters. The van der Waals surface area contributed by atoms with Crippen LogP contribution in [0.4, 0.5) is 13.2 Å². The van der Waals surface area contributed by atoms with Gasteiger partial charge in [-0.25, -0.2) is 0 Å². The van der Waals surface area contributed by atoms with Crippen molar-refractivity contribution in [3.05, 3.63) is 71.3 Å². The number of hydrogen-bond donors (Lipinski definition) is 1. The largest absolute Gasteiger partial charge is 0.460 e. The summed E-state index contributed by atoms with van der Waals surface area (Å²) in [5.74, 6) is -2.72. The molecule has 0 fully saturated rings. The van der Waals surface area contributed by atoms with Gasteiger partial charge in [0.15, 0.2) is 0 Å². The van der Waals surface area contributed by atoms with Crippen molar-refractivity contribution in [2.45, 2.75) is 25.6 Å². The van der Waals surface area contributed by atoms with Gasteiger partial charge >= 0.3 is 12.1 Å². The van der Waals surface area contributed by atoms with E-state index in [-0.39, 0.29) is 19.4 Å². The highest BCUT2D eigenvalue weighted by Crippen LogP contribution is 2.29. The van der Waals surface area contributed by atoms with Gasteiger partial charge in [-0.1, -0.05) is 42.5 Å². The summed E-state index contributed by atoms with van der Waals surface area (Å²) in [5.41, 5.74) is 5.85. The molecule has 138 valence electrons. The molecule has 2 rings (SSSR count). The Morgan fingerprint density at radius 2 is 1.58 bits per heavy atom. The fourth-order valence-electron chi connectivity index (χ4n) is 2.38. The Balaban J connectivity index is 1.93. The molecule has 0 saturated heterocycles. The van der Waals surface area contributed by atoms with Crippen LogP contribution < -0.4 is 5.73 Å². The topological polar surface area (TPSA) is 69.4 Å². The number of ether oxygens (including phenoxy) is 1. The second-order valence-electron chi connectivity index (χ2n) is 5.78. The number of amides is 1. The summed E-state index contributed by atoms with van der Waals surface area (Å²) in [4.78, 5) is 23.6. The van der Waals surface area contributed by atoms with Crippen molar-refractivity contribution < 1.29 is 27.5 Å². The van der Waals surface area contributed by atoms with E-state index in [1.54, 1.807) is 24.3 Å². The Kier molecular flexibility index (Phi) is 6.38. The summed E-state index contributed by atoms with van der Waals surface area (Å²) in [6.07, 6.45) is -4.12. The number of nitrogens with two attached hydrogens (primary N) is 1. The van der Waals surface area contributed by atoms with E-state index in [1.165, 1.54) is 12.1 Å². The van der Waals surface area contributed by atoms with Crippen LogP contribution in [0.3, 0.4) is 0 Å². The smallest absolute Gasteiger partial charge is 0.416 e. The maximum absolute atomic E-state index is 12.5. The minimum absolute atomic E-state index is 0.0176. The van der Waals surface area contributed by atoms with Crippen LogP contribution in [0.1, 0.15) is 23.1 Å². The zero-order chi connectivity index (χ0) is 19.2. The standard InChI is InChI=1S/C19H18F3NO3/c20-19(21,22)15-9-6-13(7-10-15)8-11-16(17(23)24)18(25)26-12-14-4-2-1-3-5-14/h1-7,9-10,16H,8,11-12H2,(H2,23,24). The van der Waals surface area contributed by atoms with Gasteiger partial charge in [0, 0.05) is 0 Å². The van der Waals surface area contributed by atoms with Gasteiger partial charge in [-0.15, -0.1) is 0 Å². The van der Waals surface area contributed by atoms with E-state index >= 15 is 0 Å². The Bertz CT molecular complexity index is 743. The molecule has 4 nitrogen and oxygen atoms in total. The summed E-state index contributed by atoms with van der Waals surface area (Å²) in [7, 11) is 0. The van der Waals surface area contributed by atoms with Crippen molar-refractivity contribution in [1.82, 2.24) is 0 Å². The molecule has 0 aliphatic heterocycles. The van der Waals surface area contributed by atoms with Crippen LogP contribution in [0.25, 0.3) is 0 Å². The van der Waals surface area contributed by atoms with Crippen molar-refractivity contribution in [1.29, 1.82) is 0 Å². The van der Waals surface area contributed by atoms with Gasteiger partial charge in [0.1, 0.15) is 12.5 Å². The molecule has 2 N–H and O–H groups in total. The Morgan fingerprint density at radius 3 is 2.12 bits per heavy atom. The fourth-order valence-corrected chi connectivity index (χ4v) is 2.38. The van der Waals surface area contributed by atoms with E-state index in [0.717, 1.165) is 17.7 Å². The predicted octanol–water partition coefficient (Wildman–Crippen LogP) is 3.48. The number of hydrogen-bond acceptors (Lipinski definition) is 3. The number of benzene rings is 2. The first kappa shape index (κ1) is 19.5. The van der Waals surface area contributed by atoms with Gasteiger partial charge in [-0.3, -0.25) is 9.59 Å². The molecule has 0 aliphatic carbocycles. The van der Waals surface area contributed by atoms with E-state index in [0.29, 0.717) is 5.56 Å². The van der Waals surface area contributed by atoms with Crippen LogP contribution in [0.5, 0.6) is 0 Å². The Labute approximate surface area is 148 Å². The molecule has 0 saturated carbocycles. The van der Waals surface area contributed by atoms with Crippen molar-refractivity contribution >= 4 is 11.9 Å². The van der Waals surface area contributed by atoms with Crippen molar-refractivity contribution in [3.8, 4) is 0 Å². The second-order valence-corrected chi connectivity index (χ2v) is 5.78. The number of aryl methyl sites for hydroxylation is 1. The summed E-state index contributed by atoms with van der Waals surface area (Å²) >= 11 is 0. The monoisotopic (exact) mass is 365 g/mol. The molecule has 2 aromatic rings. The second kappa shape index (κ2) is 8.51. The number of carbonyl (C=O) groups excluding carboxylic acids is 2. The van der Waals surface area contributed by atoms with Gasteiger partial charge in [0.05, 0.1) is 5.56 Å². The third kappa shape index (κ3) is 5.61. The molecule has 0 aliphatic rings. The molecular weight excluding hydrogens is 347 g/mol. The van der Waals surface area contributed by atoms with Crippen molar-refractivity contribution in [2.24, 2.45) is 11.7 Å². The zero-order valence-electron chi connectivity index (χ0n) is 13.8. The van der Waals surface area contributed by atoms with Gasteiger partial charge < -0.3 is 10.5 Å². The number of carbonyl (C=O) groups is 2. The van der Waals surface area contributed by atoms with E-state index in [2.05, 4.69) is 0 Å². The van der Waals surface area contributed by atoms with E-state index in [9.17, 15) is 22.8 Å². The van der Waals surface area contributed by atoms with Crippen LogP contribution in [-0.2, 0) is 33.5 Å². The third-order valence-corrected chi connectivity index (χ3v) is 3.85. The van der Waals surface area contributed by atoms with E-state index in [1.807, 2.05) is 6.07 Å². The molecule has 0 heterocycles. The average Bonchev–Trinajstić information content (AvgIpc) is 2.60. The van der Waals surface area contributed by atoms with Crippen LogP contribution in [0.15, 0.2) is 54.6 Å². The number of esters is 1. The predicted molar refractivity (Wildman–Crippen MR) is 88.7 cm³/mol. The molecule has 26 heavy (non-hydrogen) atoms. The van der Waals surface area contributed by atoms with E-state index < -0.39 is 29.5 Å². The highest BCUT2D eigenvalue weighted by molar-refractivity contribution is 5.96. The van der Waals surface area contributed by atoms with Crippen molar-refractivity contribution in [2.75, 3.05) is 0 Å². The van der Waals surface area contributed by atoms with Gasteiger partial charge in [-0.2, -0.15) is 13.2 Å². The molecule has 1 amide bonds. The molecule has 0 bridgehead atoms. The van der Waals surface area contributed by atoms with Gasteiger partial charge in [0.2, 0.25) is 5.91 Å². The summed E-state index contributed by atoms with van der Waals surface area (Å²) in [5, 5.41) is 0. The van der Waals surface area contributed by atoms with Gasteiger partial charge in [0.25, 0.3) is 0 Å². The number of rotatable bonds is 7. The minimum atomic E-state index is -4.41. The number of halogens is 3. The first-order valence-electron chi connectivity index (χ1n) is 7.93. The third-order valence-electron chi connectivity index (χ3n) is 3.85. The molecule has 1 unspecified atom stereocenters. The lowest BCUT2D eigenvalue weighted by Crippen LogP contribution is -2.32. The maximum Gasteiger partial charge on any atom is 0.416 e. The first-order valence-corrected chi connectivity index (χ1v) is 7.93. The zero-order valence-corrected chi connectivity index (χ0v) is 13.8. The van der Waals surface area contributed by atoms with Crippen molar-refractivity contribution in [3.63, 3.8) is 0 Å². The highest BCUT2D eigenvalue weighted by Gasteiger charge is 2.30. The lowest BCUT2D eigenvalue weighted by molar-refractivity contribution is -0.153. The molecule has 0 radical (unpaired) electrons. The SMILES string of the molecule is NC(=O)C(CCc1ccc(C(F)(F)F)cc1)C(=O)OCc1ccccc1. The summed E-state index contributed by atoms with van der Waals surface area (Å²) in [6.45, 7) is 0.0176. The summed E-state index contributed by atoms with van der Waals surface area (Å²) in [6, 6.07) is 13.5. The molecule has 2 aromatic carbocycles. The summed E-state index contributed by atoms with van der Waals surface area (Å²) < 4.78 is 42.8. The highest BCUT2D eigenvalue weighted by atomic mass is 19.4. The van der Waals surface area contributed by atoms with Crippen LogP contribution >= 0.6 is 0 Å². The number of primary amides is 1. The maximum atomic E-state index is 12.5. The van der Waals surface area contributed by atoms with Crippen LogP contribution in [0.2, 0.25) is 0 Å². The normalized spacial score (nSPS) is 12.4. The van der Waals surface area contributed by atoms with E-state index in [4.69, 9.17) is 10.5 Å². The molecule has 0 spiro atoms. The van der Waals surface area contributed by atoms with Gasteiger partial charge in [-0.05, 0) is 36.1 Å². The fraction of sp³-hybridized carbons (Fsp3) is 0.263.